The van der Waals surface area contributed by atoms with E-state index in [1.807, 2.05) is 35.7 Å². The molecule has 0 bridgehead atoms. The van der Waals surface area contributed by atoms with Gasteiger partial charge in [0.2, 0.25) is 5.91 Å². The predicted molar refractivity (Wildman–Crippen MR) is 103 cm³/mol. The molecule has 0 radical (unpaired) electrons. The van der Waals surface area contributed by atoms with Gasteiger partial charge in [-0.1, -0.05) is 12.1 Å². The fraction of sp³-hybridized carbons (Fsp3) is 0.400. The maximum atomic E-state index is 12.6. The summed E-state index contributed by atoms with van der Waals surface area (Å²) in [6.45, 7) is 2.29. The van der Waals surface area contributed by atoms with Crippen LogP contribution in [0.5, 0.6) is 11.5 Å². The van der Waals surface area contributed by atoms with Gasteiger partial charge in [0.15, 0.2) is 11.5 Å². The zero-order valence-electron chi connectivity index (χ0n) is 15.0. The molecule has 0 unspecified atom stereocenters. The Morgan fingerprint density at radius 3 is 2.85 bits per heavy atom. The van der Waals surface area contributed by atoms with E-state index in [0.717, 1.165) is 23.5 Å². The summed E-state index contributed by atoms with van der Waals surface area (Å²) in [5.41, 5.74) is 1.08. The molecule has 7 heteroatoms. The number of hydrogen-bond acceptors (Lipinski definition) is 5. The highest BCUT2D eigenvalue weighted by Gasteiger charge is 2.34. The van der Waals surface area contributed by atoms with Gasteiger partial charge in [-0.15, -0.1) is 11.3 Å². The third-order valence-corrected chi connectivity index (χ3v) is 5.73. The minimum atomic E-state index is -0.375. The highest BCUT2D eigenvalue weighted by molar-refractivity contribution is 7.12. The summed E-state index contributed by atoms with van der Waals surface area (Å²) in [6, 6.07) is 9.15. The quantitative estimate of drug-likeness (QED) is 0.857. The molecule has 1 atom stereocenters. The third kappa shape index (κ3) is 3.93. The first-order chi connectivity index (χ1) is 13.2. The molecule has 2 aliphatic rings. The summed E-state index contributed by atoms with van der Waals surface area (Å²) in [5.74, 6) is 1.40. The van der Waals surface area contributed by atoms with E-state index in [9.17, 15) is 9.59 Å². The van der Waals surface area contributed by atoms with Crippen LogP contribution in [0.2, 0.25) is 0 Å². The van der Waals surface area contributed by atoms with Gasteiger partial charge < -0.3 is 19.7 Å². The molecule has 0 aliphatic carbocycles. The summed E-state index contributed by atoms with van der Waals surface area (Å²) in [6.07, 6.45) is 2.28. The molecule has 1 saturated heterocycles. The van der Waals surface area contributed by atoms with Gasteiger partial charge in [0.25, 0.3) is 5.91 Å². The van der Waals surface area contributed by atoms with E-state index in [4.69, 9.17) is 9.47 Å². The van der Waals surface area contributed by atoms with Crippen LogP contribution in [0.25, 0.3) is 0 Å². The van der Waals surface area contributed by atoms with Crippen LogP contribution in [0.4, 0.5) is 0 Å². The number of ether oxygens (including phenoxy) is 2. The number of benzene rings is 1. The van der Waals surface area contributed by atoms with Crippen molar-refractivity contribution in [3.05, 3.63) is 46.2 Å². The zero-order chi connectivity index (χ0) is 18.6. The zero-order valence-corrected chi connectivity index (χ0v) is 15.8. The smallest absolute Gasteiger partial charge is 0.264 e. The molecule has 142 valence electrons. The van der Waals surface area contributed by atoms with Crippen LogP contribution in [0.15, 0.2) is 35.7 Å². The first-order valence-corrected chi connectivity index (χ1v) is 10.1. The van der Waals surface area contributed by atoms with Crippen LogP contribution >= 0.6 is 11.3 Å². The normalized spacial score (nSPS) is 18.4. The fourth-order valence-electron chi connectivity index (χ4n) is 3.52. The number of hydrogen-bond donors (Lipinski definition) is 1. The Morgan fingerprint density at radius 1 is 1.19 bits per heavy atom. The summed E-state index contributed by atoms with van der Waals surface area (Å²) in [7, 11) is 0. The van der Waals surface area contributed by atoms with E-state index in [-0.39, 0.29) is 17.9 Å². The number of carbonyl (C=O) groups is 2. The van der Waals surface area contributed by atoms with Crippen molar-refractivity contribution in [2.24, 2.45) is 0 Å². The molecule has 0 spiro atoms. The number of rotatable bonds is 5. The molecule has 0 saturated carbocycles. The minimum Gasteiger partial charge on any atom is -0.486 e. The SMILES string of the molecule is O=C(NCCc1ccc2c(c1)OCCO2)[C@@H]1CCCN1C(=O)c1cccs1. The second-order valence-corrected chi connectivity index (χ2v) is 7.60. The number of carbonyl (C=O) groups excluding carboxylic acids is 2. The topological polar surface area (TPSA) is 67.9 Å². The molecule has 1 aromatic carbocycles. The van der Waals surface area contributed by atoms with Crippen molar-refractivity contribution in [1.82, 2.24) is 10.2 Å². The number of likely N-dealkylation sites (tertiary alicyclic amines) is 1. The van der Waals surface area contributed by atoms with Crippen molar-refractivity contribution in [3.8, 4) is 11.5 Å². The van der Waals surface area contributed by atoms with Crippen molar-refractivity contribution in [3.63, 3.8) is 0 Å². The van der Waals surface area contributed by atoms with E-state index < -0.39 is 0 Å². The van der Waals surface area contributed by atoms with Crippen LogP contribution in [-0.2, 0) is 11.2 Å². The summed E-state index contributed by atoms with van der Waals surface area (Å²) < 4.78 is 11.1. The Kier molecular flexibility index (Phi) is 5.29. The van der Waals surface area contributed by atoms with Crippen LogP contribution in [0.3, 0.4) is 0 Å². The van der Waals surface area contributed by atoms with Crippen LogP contribution < -0.4 is 14.8 Å². The van der Waals surface area contributed by atoms with Crippen LogP contribution in [-0.4, -0.2) is 49.1 Å². The van der Waals surface area contributed by atoms with Gasteiger partial charge in [0, 0.05) is 13.1 Å². The molecule has 27 heavy (non-hydrogen) atoms. The molecule has 2 aromatic rings. The van der Waals surface area contributed by atoms with E-state index in [2.05, 4.69) is 5.32 Å². The van der Waals surface area contributed by atoms with Crippen molar-refractivity contribution in [2.75, 3.05) is 26.3 Å². The first-order valence-electron chi connectivity index (χ1n) is 9.23. The molecule has 1 fully saturated rings. The van der Waals surface area contributed by atoms with Gasteiger partial charge in [0.05, 0.1) is 4.88 Å². The van der Waals surface area contributed by atoms with Crippen molar-refractivity contribution in [1.29, 1.82) is 0 Å². The second kappa shape index (κ2) is 8.00. The lowest BCUT2D eigenvalue weighted by molar-refractivity contribution is -0.124. The molecule has 4 rings (SSSR count). The lowest BCUT2D eigenvalue weighted by Gasteiger charge is -2.23. The average molecular weight is 386 g/mol. The van der Waals surface area contributed by atoms with Crippen molar-refractivity contribution >= 4 is 23.2 Å². The van der Waals surface area contributed by atoms with Crippen LogP contribution in [0, 0.1) is 0 Å². The standard InChI is InChI=1S/C20H22N2O4S/c23-19(15-3-1-9-22(15)20(24)18-4-2-12-27-18)21-8-7-14-5-6-16-17(13-14)26-11-10-25-16/h2,4-6,12-13,15H,1,3,7-11H2,(H,21,23)/t15-/m0/s1. The Bertz CT molecular complexity index is 821. The van der Waals surface area contributed by atoms with Gasteiger partial charge in [-0.2, -0.15) is 0 Å². The van der Waals surface area contributed by atoms with Gasteiger partial charge in [-0.05, 0) is 48.4 Å². The van der Waals surface area contributed by atoms with E-state index >= 15 is 0 Å². The average Bonchev–Trinajstić information content (AvgIpc) is 3.39. The van der Waals surface area contributed by atoms with E-state index in [0.29, 0.717) is 44.0 Å². The molecule has 1 aromatic heterocycles. The third-order valence-electron chi connectivity index (χ3n) is 4.87. The summed E-state index contributed by atoms with van der Waals surface area (Å²) in [5, 5.41) is 4.86. The Morgan fingerprint density at radius 2 is 2.04 bits per heavy atom. The number of amides is 2. The van der Waals surface area contributed by atoms with Gasteiger partial charge in [0.1, 0.15) is 19.3 Å². The molecular formula is C20H22N2O4S. The summed E-state index contributed by atoms with van der Waals surface area (Å²) in [4.78, 5) is 27.6. The number of fused-ring (bicyclic) bond motifs is 1. The maximum absolute atomic E-state index is 12.6. The number of thiophene rings is 1. The predicted octanol–water partition coefficient (Wildman–Crippen LogP) is 2.48. The molecule has 2 aliphatic heterocycles. The molecule has 1 N–H and O–H groups in total. The Hall–Kier alpha value is -2.54. The molecule has 3 heterocycles. The Balaban J connectivity index is 1.32. The van der Waals surface area contributed by atoms with Crippen molar-refractivity contribution < 1.29 is 19.1 Å². The number of nitrogens with zero attached hydrogens (tertiary/aromatic N) is 1. The second-order valence-electron chi connectivity index (χ2n) is 6.65. The lowest BCUT2D eigenvalue weighted by atomic mass is 10.1. The van der Waals surface area contributed by atoms with Crippen LogP contribution in [0.1, 0.15) is 28.1 Å². The highest BCUT2D eigenvalue weighted by atomic mass is 32.1. The Labute approximate surface area is 162 Å². The lowest BCUT2D eigenvalue weighted by Crippen LogP contribution is -2.46. The first kappa shape index (κ1) is 17.9. The largest absolute Gasteiger partial charge is 0.486 e. The van der Waals surface area contributed by atoms with Gasteiger partial charge in [-0.3, -0.25) is 9.59 Å². The fourth-order valence-corrected chi connectivity index (χ4v) is 4.19. The van der Waals surface area contributed by atoms with E-state index in [1.54, 1.807) is 4.90 Å². The highest BCUT2D eigenvalue weighted by Crippen LogP contribution is 2.30. The van der Waals surface area contributed by atoms with Gasteiger partial charge in [-0.25, -0.2) is 0 Å². The molecule has 2 amide bonds. The minimum absolute atomic E-state index is 0.0468. The summed E-state index contributed by atoms with van der Waals surface area (Å²) >= 11 is 1.41. The van der Waals surface area contributed by atoms with Gasteiger partial charge >= 0.3 is 0 Å². The maximum Gasteiger partial charge on any atom is 0.264 e. The molecule has 6 nitrogen and oxygen atoms in total. The van der Waals surface area contributed by atoms with E-state index in [1.165, 1.54) is 11.3 Å². The van der Waals surface area contributed by atoms with Crippen molar-refractivity contribution in [2.45, 2.75) is 25.3 Å². The molecular weight excluding hydrogens is 364 g/mol. The monoisotopic (exact) mass is 386 g/mol. The number of nitrogens with one attached hydrogen (secondary N) is 1.